The third-order valence-electron chi connectivity index (χ3n) is 6.31. The summed E-state index contributed by atoms with van der Waals surface area (Å²) in [6.45, 7) is 4.10. The topological polar surface area (TPSA) is 97.3 Å². The molecule has 206 valence electrons. The first-order valence-electron chi connectivity index (χ1n) is 13.1. The zero-order chi connectivity index (χ0) is 27.7. The highest BCUT2D eigenvalue weighted by Gasteiger charge is 2.22. The van der Waals surface area contributed by atoms with Gasteiger partial charge in [-0.3, -0.25) is 9.59 Å². The van der Waals surface area contributed by atoms with E-state index in [0.717, 1.165) is 10.1 Å². The first-order valence-corrected chi connectivity index (χ1v) is 13.9. The maximum Gasteiger partial charge on any atom is 0.246 e. The number of hydrogen-bond donors (Lipinski definition) is 2. The van der Waals surface area contributed by atoms with Crippen molar-refractivity contribution in [3.8, 4) is 23.0 Å². The summed E-state index contributed by atoms with van der Waals surface area (Å²) in [5.74, 6) is 1.72. The van der Waals surface area contributed by atoms with Crippen LogP contribution in [0.4, 0.5) is 0 Å². The number of fused-ring (bicyclic) bond motifs is 1. The van der Waals surface area contributed by atoms with Crippen LogP contribution in [0.15, 0.2) is 84.9 Å². The molecule has 8 nitrogen and oxygen atoms in total. The van der Waals surface area contributed by atoms with Gasteiger partial charge in [0.1, 0.15) is 28.7 Å². The molecule has 1 amide bonds. The second-order valence-corrected chi connectivity index (χ2v) is 10.2. The molecule has 2 heterocycles. The fourth-order valence-electron chi connectivity index (χ4n) is 4.23. The second kappa shape index (κ2) is 13.3. The Bertz CT molecular complexity index is 1480. The normalized spacial score (nSPS) is 13.6. The van der Waals surface area contributed by atoms with Gasteiger partial charge in [0.05, 0.1) is 13.2 Å². The van der Waals surface area contributed by atoms with E-state index >= 15 is 0 Å². The van der Waals surface area contributed by atoms with E-state index in [1.54, 1.807) is 53.4 Å². The van der Waals surface area contributed by atoms with Crippen LogP contribution in [0, 0.1) is 0 Å². The number of carbonyl (C=O) groups is 2. The quantitative estimate of drug-likeness (QED) is 0.152. The zero-order valence-electron chi connectivity index (χ0n) is 21.9. The molecule has 4 aromatic rings. The zero-order valence-corrected chi connectivity index (χ0v) is 22.7. The second-order valence-electron chi connectivity index (χ2n) is 9.10. The van der Waals surface area contributed by atoms with Gasteiger partial charge in [-0.05, 0) is 42.5 Å². The molecule has 1 saturated heterocycles. The average molecular weight is 559 g/mol. The standard InChI is InChI=1S/C31H30N2O6S/c34-23-8-13-26-27(21-23)40-31(29(36)22-5-2-1-3-6-22)30(26)39-25-11-9-24(10-12-25)38-18-15-32-14-4-7-28(35)33-16-19-37-20-17-33/h1-13,21,32,34H,14-20H2/b7-4+. The number of thiophene rings is 1. The van der Waals surface area contributed by atoms with E-state index in [-0.39, 0.29) is 17.4 Å². The molecule has 0 aliphatic carbocycles. The summed E-state index contributed by atoms with van der Waals surface area (Å²) in [5.41, 5.74) is 0.569. The maximum absolute atomic E-state index is 13.3. The van der Waals surface area contributed by atoms with Crippen LogP contribution in [0.2, 0.25) is 0 Å². The third kappa shape index (κ3) is 6.87. The number of benzene rings is 3. The highest BCUT2D eigenvalue weighted by Crippen LogP contribution is 2.42. The van der Waals surface area contributed by atoms with Gasteiger partial charge < -0.3 is 29.5 Å². The van der Waals surface area contributed by atoms with Crippen molar-refractivity contribution in [2.24, 2.45) is 0 Å². The molecule has 40 heavy (non-hydrogen) atoms. The van der Waals surface area contributed by atoms with Crippen LogP contribution in [0.3, 0.4) is 0 Å². The lowest BCUT2D eigenvalue weighted by Crippen LogP contribution is -2.39. The number of aromatic hydroxyl groups is 1. The Balaban J connectivity index is 1.15. The van der Waals surface area contributed by atoms with Crippen molar-refractivity contribution < 1.29 is 28.9 Å². The summed E-state index contributed by atoms with van der Waals surface area (Å²) >= 11 is 1.29. The number of carbonyl (C=O) groups excluding carboxylic acids is 2. The van der Waals surface area contributed by atoms with Gasteiger partial charge >= 0.3 is 0 Å². The van der Waals surface area contributed by atoms with Gasteiger partial charge in [0, 0.05) is 47.9 Å². The van der Waals surface area contributed by atoms with Crippen LogP contribution in [-0.2, 0) is 9.53 Å². The lowest BCUT2D eigenvalue weighted by molar-refractivity contribution is -0.129. The minimum atomic E-state index is -0.135. The number of nitrogens with one attached hydrogen (secondary N) is 1. The molecule has 0 atom stereocenters. The highest BCUT2D eigenvalue weighted by molar-refractivity contribution is 7.21. The number of phenolic OH excluding ortho intramolecular Hbond substituents is 1. The molecule has 2 N–H and O–H groups in total. The van der Waals surface area contributed by atoms with Gasteiger partial charge in [0.25, 0.3) is 0 Å². The van der Waals surface area contributed by atoms with Crippen LogP contribution in [0.25, 0.3) is 10.1 Å². The number of morpholine rings is 1. The lowest BCUT2D eigenvalue weighted by atomic mass is 10.1. The van der Waals surface area contributed by atoms with Crippen molar-refractivity contribution in [1.82, 2.24) is 10.2 Å². The number of phenols is 1. The monoisotopic (exact) mass is 558 g/mol. The molecular formula is C31H30N2O6S. The van der Waals surface area contributed by atoms with Crippen LogP contribution >= 0.6 is 11.3 Å². The molecule has 1 aliphatic heterocycles. The van der Waals surface area contributed by atoms with Gasteiger partial charge in [0.2, 0.25) is 11.7 Å². The summed E-state index contributed by atoms with van der Waals surface area (Å²) in [7, 11) is 0. The van der Waals surface area contributed by atoms with Crippen molar-refractivity contribution in [3.63, 3.8) is 0 Å². The van der Waals surface area contributed by atoms with E-state index in [2.05, 4.69) is 5.32 Å². The van der Waals surface area contributed by atoms with E-state index < -0.39 is 0 Å². The summed E-state index contributed by atoms with van der Waals surface area (Å²) in [6.07, 6.45) is 3.41. The predicted octanol–water partition coefficient (Wildman–Crippen LogP) is 5.01. The molecule has 0 bridgehead atoms. The van der Waals surface area contributed by atoms with Crippen LogP contribution in [-0.4, -0.2) is 67.7 Å². The fourth-order valence-corrected chi connectivity index (χ4v) is 5.36. The molecule has 5 rings (SSSR count). The van der Waals surface area contributed by atoms with E-state index in [0.29, 0.717) is 73.7 Å². The van der Waals surface area contributed by atoms with E-state index in [1.807, 2.05) is 36.4 Å². The predicted molar refractivity (Wildman–Crippen MR) is 155 cm³/mol. The Kier molecular flexibility index (Phi) is 9.07. The van der Waals surface area contributed by atoms with Crippen molar-refractivity contribution in [2.75, 3.05) is 46.0 Å². The first-order chi connectivity index (χ1) is 19.6. The molecule has 1 aliphatic rings. The maximum atomic E-state index is 13.3. The van der Waals surface area contributed by atoms with Crippen LogP contribution < -0.4 is 14.8 Å². The minimum Gasteiger partial charge on any atom is -0.508 e. The van der Waals surface area contributed by atoms with E-state index in [9.17, 15) is 14.7 Å². The number of ether oxygens (including phenoxy) is 3. The van der Waals surface area contributed by atoms with Crippen molar-refractivity contribution in [1.29, 1.82) is 0 Å². The molecule has 0 spiro atoms. The van der Waals surface area contributed by atoms with Crippen molar-refractivity contribution in [2.45, 2.75) is 0 Å². The minimum absolute atomic E-state index is 0.00815. The summed E-state index contributed by atoms with van der Waals surface area (Å²) < 4.78 is 18.1. The number of nitrogens with zero attached hydrogens (tertiary/aromatic N) is 1. The third-order valence-corrected chi connectivity index (χ3v) is 7.44. The summed E-state index contributed by atoms with van der Waals surface area (Å²) in [6, 6.07) is 21.3. The molecule has 0 saturated carbocycles. The van der Waals surface area contributed by atoms with Crippen LogP contribution in [0.5, 0.6) is 23.0 Å². The number of amides is 1. The molecule has 3 aromatic carbocycles. The molecule has 1 aromatic heterocycles. The Morgan fingerprint density at radius 2 is 1.75 bits per heavy atom. The van der Waals surface area contributed by atoms with Crippen molar-refractivity contribution in [3.05, 3.63) is 95.4 Å². The molecule has 9 heteroatoms. The SMILES string of the molecule is O=C(c1ccccc1)c1sc2cc(O)ccc2c1Oc1ccc(OCCNC/C=C/C(=O)N2CCOCC2)cc1. The number of hydrogen-bond acceptors (Lipinski definition) is 8. The van der Waals surface area contributed by atoms with E-state index in [1.165, 1.54) is 11.3 Å². The summed E-state index contributed by atoms with van der Waals surface area (Å²) in [5, 5.41) is 13.9. The molecule has 0 unspecified atom stereocenters. The first kappa shape index (κ1) is 27.4. The van der Waals surface area contributed by atoms with Gasteiger partial charge in [0.15, 0.2) is 5.75 Å². The van der Waals surface area contributed by atoms with Gasteiger partial charge in [-0.25, -0.2) is 0 Å². The van der Waals surface area contributed by atoms with Gasteiger partial charge in [-0.15, -0.1) is 11.3 Å². The Morgan fingerprint density at radius 1 is 1.00 bits per heavy atom. The Labute approximate surface area is 236 Å². The lowest BCUT2D eigenvalue weighted by Gasteiger charge is -2.25. The Hall–Kier alpha value is -4.18. The highest BCUT2D eigenvalue weighted by atomic mass is 32.1. The smallest absolute Gasteiger partial charge is 0.246 e. The van der Waals surface area contributed by atoms with Crippen LogP contribution in [0.1, 0.15) is 15.2 Å². The largest absolute Gasteiger partial charge is 0.508 e. The molecule has 1 fully saturated rings. The number of rotatable bonds is 11. The molecule has 0 radical (unpaired) electrons. The van der Waals surface area contributed by atoms with Gasteiger partial charge in [-0.1, -0.05) is 36.4 Å². The van der Waals surface area contributed by atoms with Crippen molar-refractivity contribution >= 4 is 33.1 Å². The summed E-state index contributed by atoms with van der Waals surface area (Å²) in [4.78, 5) is 27.6. The van der Waals surface area contributed by atoms with E-state index in [4.69, 9.17) is 14.2 Å². The van der Waals surface area contributed by atoms with Gasteiger partial charge in [-0.2, -0.15) is 0 Å². The number of ketones is 1. The average Bonchev–Trinajstić information content (AvgIpc) is 3.34. The molecular weight excluding hydrogens is 528 g/mol. The Morgan fingerprint density at radius 3 is 2.52 bits per heavy atom. The fraction of sp³-hybridized carbons (Fsp3) is 0.226.